The zero-order valence-corrected chi connectivity index (χ0v) is 24.1. The molecule has 212 valence electrons. The Labute approximate surface area is 249 Å². The molecular formula is C31H24Cl2FN4O4+. The average Bonchev–Trinajstić information content (AvgIpc) is 3.30. The van der Waals surface area contributed by atoms with Gasteiger partial charge in [-0.3, -0.25) is 4.79 Å². The van der Waals surface area contributed by atoms with E-state index >= 15 is 0 Å². The van der Waals surface area contributed by atoms with E-state index in [1.54, 1.807) is 44.2 Å². The molecule has 1 unspecified atom stereocenters. The first kappa shape index (κ1) is 27.8. The number of amides is 4. The van der Waals surface area contributed by atoms with Gasteiger partial charge >= 0.3 is 11.9 Å². The van der Waals surface area contributed by atoms with E-state index in [4.69, 9.17) is 28.9 Å². The third-order valence-electron chi connectivity index (χ3n) is 7.70. The van der Waals surface area contributed by atoms with Crippen molar-refractivity contribution in [2.24, 2.45) is 11.7 Å². The summed E-state index contributed by atoms with van der Waals surface area (Å²) in [5.41, 5.74) is 7.28. The largest absolute Gasteiger partial charge is 0.506 e. The number of hydrogen-bond acceptors (Lipinski definition) is 4. The van der Waals surface area contributed by atoms with Crippen molar-refractivity contribution in [2.75, 3.05) is 11.9 Å². The third kappa shape index (κ3) is 4.07. The van der Waals surface area contributed by atoms with Gasteiger partial charge in [-0.25, -0.2) is 9.18 Å². The van der Waals surface area contributed by atoms with Crippen LogP contribution in [0.15, 0.2) is 66.5 Å². The van der Waals surface area contributed by atoms with E-state index < -0.39 is 35.2 Å². The Morgan fingerprint density at radius 2 is 1.90 bits per heavy atom. The Morgan fingerprint density at radius 3 is 2.60 bits per heavy atom. The molecule has 4 aromatic rings. The second-order valence-corrected chi connectivity index (χ2v) is 11.5. The molecule has 4 amide bonds. The van der Waals surface area contributed by atoms with Crippen LogP contribution in [0.5, 0.6) is 0 Å². The molecule has 1 aromatic heterocycles. The summed E-state index contributed by atoms with van der Waals surface area (Å²) in [4.78, 5) is 43.6. The van der Waals surface area contributed by atoms with Crippen molar-refractivity contribution in [3.8, 4) is 11.1 Å². The normalized spacial score (nSPS) is 17.4. The molecule has 0 saturated carbocycles. The van der Waals surface area contributed by atoms with Gasteiger partial charge in [0.2, 0.25) is 0 Å². The highest BCUT2D eigenvalue weighted by Gasteiger charge is 2.50. The number of aromatic amines is 1. The lowest BCUT2D eigenvalue weighted by molar-refractivity contribution is -0.395. The van der Waals surface area contributed by atoms with Crippen LogP contribution in [0.3, 0.4) is 0 Å². The number of imide groups is 1. The first-order valence-corrected chi connectivity index (χ1v) is 13.7. The predicted octanol–water partition coefficient (Wildman–Crippen LogP) is 6.21. The Bertz CT molecular complexity index is 2000. The smallest absolute Gasteiger partial charge is 0.386 e. The van der Waals surface area contributed by atoms with Gasteiger partial charge in [0.25, 0.3) is 5.91 Å². The number of anilines is 1. The molecule has 8 nitrogen and oxygen atoms in total. The molecule has 11 heteroatoms. The van der Waals surface area contributed by atoms with E-state index in [1.807, 2.05) is 0 Å². The molecule has 0 saturated heterocycles. The second-order valence-electron chi connectivity index (χ2n) is 10.8. The van der Waals surface area contributed by atoms with Crippen LogP contribution in [0, 0.1) is 5.92 Å². The number of rotatable bonds is 4. The SMILES string of the molecule is C[N+]1=C2C(F)=CC=CC2C(=O)N(c2cccc(-c3c(Cl)cc(C(N)=O)c4[nH]c5cc(C(C)(C)O)ccc5c34)c2Cl)C1=O. The molecule has 3 aromatic carbocycles. The Morgan fingerprint density at radius 1 is 1.17 bits per heavy atom. The monoisotopic (exact) mass is 605 g/mol. The summed E-state index contributed by atoms with van der Waals surface area (Å²) in [7, 11) is 1.39. The van der Waals surface area contributed by atoms with Crippen LogP contribution >= 0.6 is 23.2 Å². The third-order valence-corrected chi connectivity index (χ3v) is 8.40. The van der Waals surface area contributed by atoms with Gasteiger partial charge in [0.1, 0.15) is 5.92 Å². The van der Waals surface area contributed by atoms with Crippen LogP contribution in [0.1, 0.15) is 29.8 Å². The number of H-pyrrole nitrogens is 1. The number of carbonyl (C=O) groups excluding carboxylic acids is 3. The number of urea groups is 1. The van der Waals surface area contributed by atoms with E-state index in [2.05, 4.69) is 4.98 Å². The number of hydrogen-bond donors (Lipinski definition) is 3. The van der Waals surface area contributed by atoms with Crippen LogP contribution in [-0.2, 0) is 10.4 Å². The molecule has 1 aliphatic heterocycles. The van der Waals surface area contributed by atoms with Crippen molar-refractivity contribution >= 4 is 74.3 Å². The van der Waals surface area contributed by atoms with Crippen molar-refractivity contribution in [3.63, 3.8) is 0 Å². The van der Waals surface area contributed by atoms with Gasteiger partial charge in [0.15, 0.2) is 17.2 Å². The molecule has 2 aliphatic rings. The van der Waals surface area contributed by atoms with Gasteiger partial charge in [-0.15, -0.1) is 4.90 Å². The predicted molar refractivity (Wildman–Crippen MR) is 161 cm³/mol. The van der Waals surface area contributed by atoms with Crippen molar-refractivity contribution < 1.29 is 28.5 Å². The number of nitrogens with zero attached hydrogens (tertiary/aromatic N) is 2. The van der Waals surface area contributed by atoms with E-state index in [0.717, 1.165) is 9.48 Å². The number of carbonyl (C=O) groups is 3. The summed E-state index contributed by atoms with van der Waals surface area (Å²) in [6, 6.07) is 10.8. The first-order chi connectivity index (χ1) is 19.8. The summed E-state index contributed by atoms with van der Waals surface area (Å²) < 4.78 is 15.7. The maximum atomic E-state index is 14.6. The van der Waals surface area contributed by atoms with Crippen LogP contribution in [-0.4, -0.2) is 45.3 Å². The standard InChI is InChI=1S/C31H23Cl2FN4O4/c1-31(2,42)14-10-11-15-21(12-14)36-26-18(28(35)39)13-19(32)23(24(15)26)16-6-5-9-22(25(16)33)38-29(40)17-7-4-8-20(34)27(17)37(3)30(38)41/h4-13,17,42H,1-3H3,(H2-,35,36,39)/p+1. The van der Waals surface area contributed by atoms with Gasteiger partial charge in [-0.2, -0.15) is 9.37 Å². The fourth-order valence-electron chi connectivity index (χ4n) is 5.63. The molecule has 0 bridgehead atoms. The van der Waals surface area contributed by atoms with Gasteiger partial charge in [0, 0.05) is 27.4 Å². The maximum Gasteiger partial charge on any atom is 0.506 e. The van der Waals surface area contributed by atoms with Crippen molar-refractivity contribution in [2.45, 2.75) is 19.4 Å². The van der Waals surface area contributed by atoms with E-state index in [9.17, 15) is 23.9 Å². The molecule has 2 heterocycles. The molecule has 0 radical (unpaired) electrons. The maximum absolute atomic E-state index is 14.6. The van der Waals surface area contributed by atoms with E-state index in [0.29, 0.717) is 38.5 Å². The number of nitrogens with two attached hydrogens (primary N) is 1. The summed E-state index contributed by atoms with van der Waals surface area (Å²) in [5.74, 6) is -3.04. The molecule has 0 spiro atoms. The summed E-state index contributed by atoms with van der Waals surface area (Å²) in [6.45, 7) is 3.32. The molecule has 42 heavy (non-hydrogen) atoms. The van der Waals surface area contributed by atoms with Gasteiger partial charge in [0.05, 0.1) is 33.8 Å². The molecule has 6 rings (SSSR count). The van der Waals surface area contributed by atoms with Gasteiger partial charge in [-0.05, 0) is 43.7 Å². The number of aliphatic hydroxyl groups is 1. The minimum Gasteiger partial charge on any atom is -0.386 e. The zero-order chi connectivity index (χ0) is 30.2. The molecule has 1 aliphatic carbocycles. The molecule has 0 fully saturated rings. The minimum absolute atomic E-state index is 0.0351. The number of benzene rings is 3. The Balaban J connectivity index is 1.61. The van der Waals surface area contributed by atoms with E-state index in [-0.39, 0.29) is 27.0 Å². The second kappa shape index (κ2) is 9.62. The zero-order valence-electron chi connectivity index (χ0n) is 22.6. The lowest BCUT2D eigenvalue weighted by Gasteiger charge is -2.26. The fourth-order valence-corrected chi connectivity index (χ4v) is 6.24. The molecular weight excluding hydrogens is 582 g/mol. The molecule has 4 N–H and O–H groups in total. The highest BCUT2D eigenvalue weighted by atomic mass is 35.5. The highest BCUT2D eigenvalue weighted by molar-refractivity contribution is 6.42. The molecule has 1 atom stereocenters. The number of allylic oxidation sites excluding steroid dienone is 3. The van der Waals surface area contributed by atoms with Gasteiger partial charge < -0.3 is 15.8 Å². The highest BCUT2D eigenvalue weighted by Crippen LogP contribution is 2.46. The van der Waals surface area contributed by atoms with Crippen LogP contribution in [0.2, 0.25) is 10.0 Å². The lowest BCUT2D eigenvalue weighted by atomic mass is 9.92. The quantitative estimate of drug-likeness (QED) is 0.239. The van der Waals surface area contributed by atoms with Crippen molar-refractivity contribution in [3.05, 3.63) is 87.7 Å². The van der Waals surface area contributed by atoms with Crippen molar-refractivity contribution in [1.82, 2.24) is 4.98 Å². The summed E-state index contributed by atoms with van der Waals surface area (Å²) in [5, 5.41) is 12.0. The number of nitrogens with one attached hydrogen (secondary N) is 1. The number of halogens is 3. The Hall–Kier alpha value is -4.31. The van der Waals surface area contributed by atoms with Crippen LogP contribution < -0.4 is 10.6 Å². The Kier molecular flexibility index (Phi) is 6.38. The average molecular weight is 606 g/mol. The number of aromatic nitrogens is 1. The minimum atomic E-state index is -1.12. The summed E-state index contributed by atoms with van der Waals surface area (Å²) >= 11 is 13.8. The fraction of sp³-hybridized carbons (Fsp3) is 0.161. The number of primary amides is 1. The van der Waals surface area contributed by atoms with Crippen molar-refractivity contribution in [1.29, 1.82) is 0 Å². The topological polar surface area (TPSA) is 120 Å². The van der Waals surface area contributed by atoms with E-state index in [1.165, 1.54) is 37.4 Å². The first-order valence-electron chi connectivity index (χ1n) is 12.9. The van der Waals surface area contributed by atoms with Crippen LogP contribution in [0.25, 0.3) is 32.9 Å². The summed E-state index contributed by atoms with van der Waals surface area (Å²) in [6.07, 6.45) is 4.14. The van der Waals surface area contributed by atoms with Gasteiger partial charge in [-0.1, -0.05) is 59.6 Å². The lowest BCUT2D eigenvalue weighted by Crippen LogP contribution is -2.54. The van der Waals surface area contributed by atoms with Crippen LogP contribution in [0.4, 0.5) is 14.9 Å². The number of fused-ring (bicyclic) bond motifs is 4.